The average molecular weight is 252 g/mol. The molecule has 0 fully saturated rings. The highest BCUT2D eigenvalue weighted by molar-refractivity contribution is 5.40. The third kappa shape index (κ3) is 3.66. The lowest BCUT2D eigenvalue weighted by Gasteiger charge is -2.36. The lowest BCUT2D eigenvalue weighted by molar-refractivity contribution is 0.00539. The van der Waals surface area contributed by atoms with Gasteiger partial charge in [-0.15, -0.1) is 0 Å². The molecule has 1 atom stereocenters. The summed E-state index contributed by atoms with van der Waals surface area (Å²) in [6, 6.07) is 7.86. The summed E-state index contributed by atoms with van der Waals surface area (Å²) in [7, 11) is 0. The van der Waals surface area contributed by atoms with Crippen LogP contribution in [-0.4, -0.2) is 12.7 Å². The van der Waals surface area contributed by atoms with Gasteiger partial charge in [0.15, 0.2) is 11.5 Å². The van der Waals surface area contributed by atoms with E-state index in [4.69, 9.17) is 9.47 Å². The van der Waals surface area contributed by atoms with Gasteiger partial charge < -0.3 is 9.47 Å². The first-order valence-corrected chi connectivity index (χ1v) is 6.52. The summed E-state index contributed by atoms with van der Waals surface area (Å²) in [5.74, 6) is 1.73. The van der Waals surface area contributed by atoms with Crippen LogP contribution < -0.4 is 9.47 Å². The van der Waals surface area contributed by atoms with Crippen LogP contribution in [0.4, 0.5) is 0 Å². The van der Waals surface area contributed by atoms with E-state index in [1.165, 1.54) is 0 Å². The van der Waals surface area contributed by atoms with Gasteiger partial charge in [0.1, 0.15) is 12.7 Å². The number of hydrogen-bond donors (Lipinski definition) is 0. The maximum Gasteiger partial charge on any atom is 0.161 e. The lowest BCUT2D eigenvalue weighted by atomic mass is 9.84. The second-order valence-corrected chi connectivity index (χ2v) is 4.71. The zero-order valence-corrected chi connectivity index (χ0v) is 11.6. The number of hydrogen-bond acceptors (Lipinski definition) is 2. The maximum absolute atomic E-state index is 5.96. The molecule has 0 bridgehead atoms. The Morgan fingerprint density at radius 3 is 2.28 bits per heavy atom. The highest BCUT2D eigenvalue weighted by Crippen LogP contribution is 2.37. The van der Waals surface area contributed by atoms with Crippen molar-refractivity contribution in [3.05, 3.63) is 24.3 Å². The van der Waals surface area contributed by atoms with E-state index in [9.17, 15) is 0 Å². The monoisotopic (exact) mass is 252 g/mol. The van der Waals surface area contributed by atoms with E-state index in [1.807, 2.05) is 38.1 Å². The van der Waals surface area contributed by atoms with Crippen LogP contribution in [-0.2, 0) is 0 Å². The SMILES string of the molecule is C.CC.CCC(C)(C)C1COc2ccccc2O1. The molecule has 1 aliphatic heterocycles. The molecular weight excluding hydrogens is 224 g/mol. The van der Waals surface area contributed by atoms with E-state index >= 15 is 0 Å². The minimum absolute atomic E-state index is 0. The van der Waals surface area contributed by atoms with Gasteiger partial charge in [-0.05, 0) is 18.6 Å². The van der Waals surface area contributed by atoms with Crippen molar-refractivity contribution >= 4 is 0 Å². The number of benzene rings is 1. The molecule has 1 aliphatic rings. The molecule has 1 heterocycles. The fourth-order valence-electron chi connectivity index (χ4n) is 1.63. The van der Waals surface area contributed by atoms with E-state index in [2.05, 4.69) is 20.8 Å². The summed E-state index contributed by atoms with van der Waals surface area (Å²) in [4.78, 5) is 0. The quantitative estimate of drug-likeness (QED) is 0.743. The minimum Gasteiger partial charge on any atom is -0.486 e. The summed E-state index contributed by atoms with van der Waals surface area (Å²) in [5, 5.41) is 0. The molecule has 0 aliphatic carbocycles. The summed E-state index contributed by atoms with van der Waals surface area (Å²) < 4.78 is 11.7. The Morgan fingerprint density at radius 2 is 1.72 bits per heavy atom. The molecule has 18 heavy (non-hydrogen) atoms. The highest BCUT2D eigenvalue weighted by atomic mass is 16.6. The number of fused-ring (bicyclic) bond motifs is 1. The molecule has 0 saturated heterocycles. The van der Waals surface area contributed by atoms with Crippen LogP contribution in [0.5, 0.6) is 11.5 Å². The van der Waals surface area contributed by atoms with Crippen molar-refractivity contribution in [1.82, 2.24) is 0 Å². The van der Waals surface area contributed by atoms with Gasteiger partial charge in [-0.25, -0.2) is 0 Å². The Kier molecular flexibility index (Phi) is 6.82. The molecule has 1 unspecified atom stereocenters. The predicted molar refractivity (Wildman–Crippen MR) is 78.5 cm³/mol. The van der Waals surface area contributed by atoms with Crippen molar-refractivity contribution in [2.24, 2.45) is 5.41 Å². The normalized spacial score (nSPS) is 17.1. The van der Waals surface area contributed by atoms with Crippen LogP contribution in [0.2, 0.25) is 0 Å². The first-order valence-electron chi connectivity index (χ1n) is 6.52. The largest absolute Gasteiger partial charge is 0.486 e. The highest BCUT2D eigenvalue weighted by Gasteiger charge is 2.33. The smallest absolute Gasteiger partial charge is 0.161 e. The van der Waals surface area contributed by atoms with E-state index < -0.39 is 0 Å². The molecule has 0 spiro atoms. The van der Waals surface area contributed by atoms with Crippen LogP contribution in [0.3, 0.4) is 0 Å². The molecule has 1 aromatic carbocycles. The van der Waals surface area contributed by atoms with Gasteiger partial charge in [0, 0.05) is 5.41 Å². The molecule has 2 nitrogen and oxygen atoms in total. The molecular formula is C16H28O2. The first-order chi connectivity index (χ1) is 8.13. The Balaban J connectivity index is 0.000000917. The Hall–Kier alpha value is -1.18. The predicted octanol–water partition coefficient (Wildman–Crippen LogP) is 4.92. The fraction of sp³-hybridized carbons (Fsp3) is 0.625. The van der Waals surface area contributed by atoms with Gasteiger partial charge in [-0.1, -0.05) is 54.2 Å². The van der Waals surface area contributed by atoms with Crippen LogP contribution in [0.15, 0.2) is 24.3 Å². The third-order valence-electron chi connectivity index (χ3n) is 3.29. The lowest BCUT2D eigenvalue weighted by Crippen LogP contribution is -2.41. The van der Waals surface area contributed by atoms with Crippen LogP contribution in [0.1, 0.15) is 48.5 Å². The van der Waals surface area contributed by atoms with Gasteiger partial charge in [-0.3, -0.25) is 0 Å². The topological polar surface area (TPSA) is 18.5 Å². The zero-order chi connectivity index (χ0) is 12.9. The second-order valence-electron chi connectivity index (χ2n) is 4.71. The van der Waals surface area contributed by atoms with E-state index in [-0.39, 0.29) is 18.9 Å². The van der Waals surface area contributed by atoms with Crippen LogP contribution in [0.25, 0.3) is 0 Å². The fourth-order valence-corrected chi connectivity index (χ4v) is 1.63. The van der Waals surface area contributed by atoms with Crippen molar-refractivity contribution in [3.63, 3.8) is 0 Å². The summed E-state index contributed by atoms with van der Waals surface area (Å²) in [6.07, 6.45) is 1.24. The Morgan fingerprint density at radius 1 is 1.17 bits per heavy atom. The van der Waals surface area contributed by atoms with E-state index in [1.54, 1.807) is 0 Å². The second kappa shape index (κ2) is 7.30. The van der Waals surface area contributed by atoms with Gasteiger partial charge in [0.2, 0.25) is 0 Å². The third-order valence-corrected chi connectivity index (χ3v) is 3.29. The number of rotatable bonds is 2. The maximum atomic E-state index is 5.96. The molecule has 0 radical (unpaired) electrons. The van der Waals surface area contributed by atoms with E-state index in [0.717, 1.165) is 17.9 Å². The molecule has 0 amide bonds. The van der Waals surface area contributed by atoms with Crippen molar-refractivity contribution < 1.29 is 9.47 Å². The van der Waals surface area contributed by atoms with Crippen molar-refractivity contribution in [2.75, 3.05) is 6.61 Å². The molecule has 0 saturated carbocycles. The summed E-state index contributed by atoms with van der Waals surface area (Å²) in [6.45, 7) is 11.3. The van der Waals surface area contributed by atoms with Gasteiger partial charge in [0.05, 0.1) is 0 Å². The summed E-state index contributed by atoms with van der Waals surface area (Å²) in [5.41, 5.74) is 0.160. The standard InChI is InChI=1S/C13H18O2.C2H6.CH4/c1-4-13(2,3)12-9-14-10-7-5-6-8-11(10)15-12;1-2;/h5-8,12H,4,9H2,1-3H3;1-2H3;1H4. The van der Waals surface area contributed by atoms with Crippen molar-refractivity contribution in [3.8, 4) is 11.5 Å². The van der Waals surface area contributed by atoms with Gasteiger partial charge >= 0.3 is 0 Å². The van der Waals surface area contributed by atoms with Crippen LogP contribution >= 0.6 is 0 Å². The molecule has 2 rings (SSSR count). The van der Waals surface area contributed by atoms with Crippen LogP contribution in [0, 0.1) is 5.41 Å². The molecule has 0 aromatic heterocycles. The van der Waals surface area contributed by atoms with Crippen molar-refractivity contribution in [2.45, 2.75) is 54.6 Å². The number of ether oxygens (including phenoxy) is 2. The Labute approximate surface area is 112 Å². The van der Waals surface area contributed by atoms with Gasteiger partial charge in [-0.2, -0.15) is 0 Å². The number of para-hydroxylation sites is 2. The average Bonchev–Trinajstić information content (AvgIpc) is 2.40. The molecule has 2 heteroatoms. The molecule has 1 aromatic rings. The van der Waals surface area contributed by atoms with Gasteiger partial charge in [0.25, 0.3) is 0 Å². The van der Waals surface area contributed by atoms with Crippen molar-refractivity contribution in [1.29, 1.82) is 0 Å². The zero-order valence-electron chi connectivity index (χ0n) is 11.6. The minimum atomic E-state index is 0. The summed E-state index contributed by atoms with van der Waals surface area (Å²) >= 11 is 0. The molecule has 0 N–H and O–H groups in total. The molecule has 104 valence electrons. The first kappa shape index (κ1) is 16.8. The Bertz CT molecular complexity index is 345. The van der Waals surface area contributed by atoms with E-state index in [0.29, 0.717) is 6.61 Å².